The van der Waals surface area contributed by atoms with Crippen LogP contribution in [-0.2, 0) is 10.0 Å². The first-order chi connectivity index (χ1) is 10.4. The van der Waals surface area contributed by atoms with Crippen LogP contribution in [0.4, 0.5) is 0 Å². The van der Waals surface area contributed by atoms with Crippen LogP contribution in [0.3, 0.4) is 0 Å². The van der Waals surface area contributed by atoms with Gasteiger partial charge >= 0.3 is 0 Å². The number of sulfonamides is 1. The van der Waals surface area contributed by atoms with Gasteiger partial charge in [0.05, 0.1) is 29.5 Å². The highest BCUT2D eigenvalue weighted by molar-refractivity contribution is 7.89. The molecule has 2 aliphatic rings. The third-order valence-electron chi connectivity index (χ3n) is 4.30. The fraction of sp³-hybridized carbons (Fsp3) is 0.600. The van der Waals surface area contributed by atoms with Gasteiger partial charge in [-0.2, -0.15) is 9.57 Å². The van der Waals surface area contributed by atoms with Crippen molar-refractivity contribution < 1.29 is 13.2 Å². The van der Waals surface area contributed by atoms with Gasteiger partial charge in [0.2, 0.25) is 10.0 Å². The zero-order valence-corrected chi connectivity index (χ0v) is 13.3. The predicted molar refractivity (Wildman–Crippen MR) is 80.6 cm³/mol. The van der Waals surface area contributed by atoms with Gasteiger partial charge in [-0.3, -0.25) is 4.98 Å². The molecule has 22 heavy (non-hydrogen) atoms. The Kier molecular flexibility index (Phi) is 3.83. The molecule has 1 aliphatic heterocycles. The van der Waals surface area contributed by atoms with Gasteiger partial charge in [0.1, 0.15) is 11.9 Å². The lowest BCUT2D eigenvalue weighted by Crippen LogP contribution is -2.35. The van der Waals surface area contributed by atoms with Crippen molar-refractivity contribution >= 4 is 10.0 Å². The summed E-state index contributed by atoms with van der Waals surface area (Å²) in [4.78, 5) is 4.16. The number of aromatic nitrogens is 1. The van der Waals surface area contributed by atoms with Crippen molar-refractivity contribution in [1.29, 1.82) is 5.26 Å². The molecule has 0 radical (unpaired) electrons. The minimum absolute atomic E-state index is 0.0604. The Morgan fingerprint density at radius 2 is 2.32 bits per heavy atom. The Morgan fingerprint density at radius 3 is 2.95 bits per heavy atom. The fourth-order valence-electron chi connectivity index (χ4n) is 2.70. The first-order valence-electron chi connectivity index (χ1n) is 7.41. The van der Waals surface area contributed by atoms with E-state index in [1.165, 1.54) is 4.31 Å². The largest absolute Gasteiger partial charge is 0.487 e. The van der Waals surface area contributed by atoms with Crippen LogP contribution in [0, 0.1) is 23.7 Å². The minimum Gasteiger partial charge on any atom is -0.487 e. The zero-order chi connectivity index (χ0) is 15.8. The fourth-order valence-corrected chi connectivity index (χ4v) is 4.71. The van der Waals surface area contributed by atoms with Crippen molar-refractivity contribution in [3.63, 3.8) is 0 Å². The highest BCUT2D eigenvalue weighted by Crippen LogP contribution is 2.46. The molecule has 1 saturated carbocycles. The van der Waals surface area contributed by atoms with Gasteiger partial charge in [0.15, 0.2) is 0 Å². The van der Waals surface area contributed by atoms with Crippen LogP contribution in [0.1, 0.15) is 25.0 Å². The second-order valence-electron chi connectivity index (χ2n) is 6.12. The van der Waals surface area contributed by atoms with Gasteiger partial charge in [-0.25, -0.2) is 8.42 Å². The van der Waals surface area contributed by atoms with E-state index in [9.17, 15) is 8.42 Å². The molecule has 1 aromatic rings. The van der Waals surface area contributed by atoms with E-state index in [0.29, 0.717) is 38.1 Å². The summed E-state index contributed by atoms with van der Waals surface area (Å²) in [5.41, 5.74) is 0.155. The van der Waals surface area contributed by atoms with Crippen molar-refractivity contribution in [2.45, 2.75) is 32.3 Å². The monoisotopic (exact) mass is 321 g/mol. The van der Waals surface area contributed by atoms with E-state index >= 15 is 0 Å². The van der Waals surface area contributed by atoms with Crippen molar-refractivity contribution in [2.24, 2.45) is 5.41 Å². The highest BCUT2D eigenvalue weighted by atomic mass is 32.2. The Bertz CT molecular complexity index is 707. The van der Waals surface area contributed by atoms with Crippen LogP contribution in [0.25, 0.3) is 0 Å². The third-order valence-corrected chi connectivity index (χ3v) is 6.34. The average Bonchev–Trinajstić information content (AvgIpc) is 3.07. The number of pyridine rings is 1. The molecule has 0 amide bonds. The molecule has 0 unspecified atom stereocenters. The van der Waals surface area contributed by atoms with Gasteiger partial charge in [-0.15, -0.1) is 0 Å². The summed E-state index contributed by atoms with van der Waals surface area (Å²) in [6, 6.07) is 5.79. The molecule has 0 N–H and O–H groups in total. The second-order valence-corrected chi connectivity index (χ2v) is 8.09. The van der Waals surface area contributed by atoms with Crippen LogP contribution in [-0.4, -0.2) is 42.7 Å². The van der Waals surface area contributed by atoms with E-state index in [-0.39, 0.29) is 11.9 Å². The quantitative estimate of drug-likeness (QED) is 0.820. The molecule has 2 heterocycles. The molecular formula is C15H19N3O3S. The Hall–Kier alpha value is -1.65. The molecule has 1 aromatic heterocycles. The Morgan fingerprint density at radius 1 is 1.55 bits per heavy atom. The standard InChI is InChI=1S/C15H19N3O3S/c1-12-14(3-2-7-17-12)21-13-4-8-18(9-13)22(19,20)11-15(10-16)5-6-15/h2-3,7,13H,4-6,8-9,11H2,1H3/t13-/m0/s1. The van der Waals surface area contributed by atoms with E-state index in [1.54, 1.807) is 12.3 Å². The summed E-state index contributed by atoms with van der Waals surface area (Å²) in [5, 5.41) is 9.08. The molecule has 0 aromatic carbocycles. The highest BCUT2D eigenvalue weighted by Gasteiger charge is 2.49. The molecule has 3 rings (SSSR count). The minimum atomic E-state index is -3.39. The van der Waals surface area contributed by atoms with Crippen LogP contribution >= 0.6 is 0 Å². The topological polar surface area (TPSA) is 83.3 Å². The lowest BCUT2D eigenvalue weighted by atomic mass is 10.2. The molecule has 6 nitrogen and oxygen atoms in total. The molecular weight excluding hydrogens is 302 g/mol. The number of rotatable bonds is 5. The van der Waals surface area contributed by atoms with Gasteiger partial charge in [-0.1, -0.05) is 0 Å². The van der Waals surface area contributed by atoms with Crippen molar-refractivity contribution in [2.75, 3.05) is 18.8 Å². The van der Waals surface area contributed by atoms with Gasteiger partial charge in [-0.05, 0) is 38.3 Å². The molecule has 1 atom stereocenters. The third kappa shape index (κ3) is 3.08. The summed E-state index contributed by atoms with van der Waals surface area (Å²) in [6.07, 6.45) is 3.57. The summed E-state index contributed by atoms with van der Waals surface area (Å²) in [7, 11) is -3.39. The molecule has 118 valence electrons. The predicted octanol–water partition coefficient (Wildman–Crippen LogP) is 1.48. The van der Waals surface area contributed by atoms with E-state index in [1.807, 2.05) is 13.0 Å². The van der Waals surface area contributed by atoms with E-state index in [2.05, 4.69) is 11.1 Å². The van der Waals surface area contributed by atoms with E-state index in [0.717, 1.165) is 5.69 Å². The molecule has 1 saturated heterocycles. The zero-order valence-electron chi connectivity index (χ0n) is 12.5. The molecule has 2 fully saturated rings. The van der Waals surface area contributed by atoms with Gasteiger partial charge in [0, 0.05) is 12.7 Å². The second kappa shape index (κ2) is 5.52. The molecule has 7 heteroatoms. The molecule has 0 bridgehead atoms. The summed E-state index contributed by atoms with van der Waals surface area (Å²) in [5.74, 6) is 0.636. The average molecular weight is 321 g/mol. The van der Waals surface area contributed by atoms with E-state index < -0.39 is 15.4 Å². The number of nitrogens with zero attached hydrogens (tertiary/aromatic N) is 3. The smallest absolute Gasteiger partial charge is 0.215 e. The lowest BCUT2D eigenvalue weighted by Gasteiger charge is -2.19. The molecule has 0 spiro atoms. The Labute approximate surface area is 130 Å². The van der Waals surface area contributed by atoms with Gasteiger partial charge < -0.3 is 4.74 Å². The Balaban J connectivity index is 1.63. The number of aryl methyl sites for hydroxylation is 1. The number of hydrogen-bond acceptors (Lipinski definition) is 5. The number of hydrogen-bond donors (Lipinski definition) is 0. The van der Waals surface area contributed by atoms with Crippen LogP contribution in [0.15, 0.2) is 18.3 Å². The maximum atomic E-state index is 12.4. The summed E-state index contributed by atoms with van der Waals surface area (Å²) >= 11 is 0. The van der Waals surface area contributed by atoms with Crippen molar-refractivity contribution in [3.05, 3.63) is 24.0 Å². The lowest BCUT2D eigenvalue weighted by molar-refractivity contribution is 0.213. The normalized spacial score (nSPS) is 23.9. The summed E-state index contributed by atoms with van der Waals surface area (Å²) < 4.78 is 32.2. The molecule has 1 aliphatic carbocycles. The van der Waals surface area contributed by atoms with Crippen molar-refractivity contribution in [3.8, 4) is 11.8 Å². The maximum absolute atomic E-state index is 12.4. The first kappa shape index (κ1) is 15.3. The van der Waals surface area contributed by atoms with Crippen LogP contribution in [0.5, 0.6) is 5.75 Å². The maximum Gasteiger partial charge on any atom is 0.215 e. The van der Waals surface area contributed by atoms with Crippen LogP contribution in [0.2, 0.25) is 0 Å². The SMILES string of the molecule is Cc1ncccc1O[C@H]1CCN(S(=O)(=O)CC2(C#N)CC2)C1. The summed E-state index contributed by atoms with van der Waals surface area (Å²) in [6.45, 7) is 2.66. The first-order valence-corrected chi connectivity index (χ1v) is 9.02. The van der Waals surface area contributed by atoms with Crippen molar-refractivity contribution in [1.82, 2.24) is 9.29 Å². The van der Waals surface area contributed by atoms with Gasteiger partial charge in [0.25, 0.3) is 0 Å². The number of ether oxygens (including phenoxy) is 1. The number of nitriles is 1. The van der Waals surface area contributed by atoms with E-state index in [4.69, 9.17) is 10.00 Å². The van der Waals surface area contributed by atoms with Crippen LogP contribution < -0.4 is 4.74 Å².